The Balaban J connectivity index is 2.23. The Hall–Kier alpha value is -1.96. The number of hydrogen-bond acceptors (Lipinski definition) is 2. The van der Waals surface area contributed by atoms with Crippen molar-refractivity contribution in [1.29, 1.82) is 0 Å². The molecule has 0 fully saturated rings. The molecule has 1 N–H and O–H groups in total. The molecule has 0 aliphatic heterocycles. The Morgan fingerprint density at radius 3 is 2.60 bits per heavy atom. The lowest BCUT2D eigenvalue weighted by atomic mass is 10.1. The minimum absolute atomic E-state index is 0.207. The second-order valence-corrected chi connectivity index (χ2v) is 5.16. The standard InChI is InChI=1S/C18H23NO/c1-5-20-18-9-7-6-8-16(18)15(4)19-17-12-13(2)10-11-14(17)3/h6-12,15,19H,5H2,1-4H3. The number of para-hydroxylation sites is 1. The number of aryl methyl sites for hydroxylation is 2. The molecule has 106 valence electrons. The molecule has 20 heavy (non-hydrogen) atoms. The first kappa shape index (κ1) is 14.4. The van der Waals surface area contributed by atoms with E-state index in [1.807, 2.05) is 19.1 Å². The molecule has 0 amide bonds. The largest absolute Gasteiger partial charge is 0.494 e. The molecule has 2 nitrogen and oxygen atoms in total. The summed E-state index contributed by atoms with van der Waals surface area (Å²) in [7, 11) is 0. The lowest BCUT2D eigenvalue weighted by molar-refractivity contribution is 0.335. The molecule has 0 aliphatic rings. The number of hydrogen-bond donors (Lipinski definition) is 1. The van der Waals surface area contributed by atoms with Crippen molar-refractivity contribution in [3.8, 4) is 5.75 Å². The fourth-order valence-electron chi connectivity index (χ4n) is 2.33. The van der Waals surface area contributed by atoms with Crippen molar-refractivity contribution < 1.29 is 4.74 Å². The van der Waals surface area contributed by atoms with Crippen LogP contribution in [-0.4, -0.2) is 6.61 Å². The van der Waals surface area contributed by atoms with Crippen molar-refractivity contribution in [2.45, 2.75) is 33.7 Å². The summed E-state index contributed by atoms with van der Waals surface area (Å²) in [5.74, 6) is 0.959. The summed E-state index contributed by atoms with van der Waals surface area (Å²) in [6.07, 6.45) is 0. The van der Waals surface area contributed by atoms with Gasteiger partial charge in [-0.3, -0.25) is 0 Å². The third-order valence-corrected chi connectivity index (χ3v) is 3.45. The van der Waals surface area contributed by atoms with Crippen LogP contribution in [0.3, 0.4) is 0 Å². The van der Waals surface area contributed by atoms with Gasteiger partial charge in [-0.2, -0.15) is 0 Å². The van der Waals surface area contributed by atoms with Crippen LogP contribution < -0.4 is 10.1 Å². The first-order chi connectivity index (χ1) is 9.61. The van der Waals surface area contributed by atoms with E-state index in [0.29, 0.717) is 6.61 Å². The maximum Gasteiger partial charge on any atom is 0.124 e. The summed E-state index contributed by atoms with van der Waals surface area (Å²) in [5.41, 5.74) is 4.90. The molecule has 0 bridgehead atoms. The zero-order chi connectivity index (χ0) is 14.5. The van der Waals surface area contributed by atoms with Gasteiger partial charge in [0, 0.05) is 11.3 Å². The van der Waals surface area contributed by atoms with E-state index in [0.717, 1.165) is 5.75 Å². The summed E-state index contributed by atoms with van der Waals surface area (Å²) >= 11 is 0. The van der Waals surface area contributed by atoms with Crippen LogP contribution in [0, 0.1) is 13.8 Å². The molecule has 0 aliphatic carbocycles. The number of anilines is 1. The van der Waals surface area contributed by atoms with Crippen LogP contribution in [0.15, 0.2) is 42.5 Å². The Kier molecular flexibility index (Phi) is 4.67. The SMILES string of the molecule is CCOc1ccccc1C(C)Nc1cc(C)ccc1C. The maximum absolute atomic E-state index is 5.71. The van der Waals surface area contributed by atoms with Crippen LogP contribution in [-0.2, 0) is 0 Å². The molecule has 0 heterocycles. The Morgan fingerprint density at radius 2 is 1.85 bits per heavy atom. The third kappa shape index (κ3) is 3.32. The van der Waals surface area contributed by atoms with Gasteiger partial charge in [0.15, 0.2) is 0 Å². The summed E-state index contributed by atoms with van der Waals surface area (Å²) in [4.78, 5) is 0. The van der Waals surface area contributed by atoms with E-state index in [2.05, 4.69) is 56.4 Å². The van der Waals surface area contributed by atoms with E-state index >= 15 is 0 Å². The first-order valence-electron chi connectivity index (χ1n) is 7.17. The van der Waals surface area contributed by atoms with Gasteiger partial charge in [0.25, 0.3) is 0 Å². The minimum Gasteiger partial charge on any atom is -0.494 e. The zero-order valence-corrected chi connectivity index (χ0v) is 12.7. The lowest BCUT2D eigenvalue weighted by Crippen LogP contribution is -2.10. The summed E-state index contributed by atoms with van der Waals surface area (Å²) < 4.78 is 5.71. The van der Waals surface area contributed by atoms with Gasteiger partial charge < -0.3 is 10.1 Å². The van der Waals surface area contributed by atoms with Crippen molar-refractivity contribution in [1.82, 2.24) is 0 Å². The molecule has 0 saturated carbocycles. The normalized spacial score (nSPS) is 12.0. The minimum atomic E-state index is 0.207. The Bertz CT molecular complexity index is 577. The van der Waals surface area contributed by atoms with Crippen molar-refractivity contribution in [3.05, 3.63) is 59.2 Å². The van der Waals surface area contributed by atoms with Gasteiger partial charge in [0.1, 0.15) is 5.75 Å². The van der Waals surface area contributed by atoms with E-state index in [-0.39, 0.29) is 6.04 Å². The number of nitrogens with one attached hydrogen (secondary N) is 1. The van der Waals surface area contributed by atoms with E-state index < -0.39 is 0 Å². The smallest absolute Gasteiger partial charge is 0.124 e. The van der Waals surface area contributed by atoms with Crippen molar-refractivity contribution in [3.63, 3.8) is 0 Å². The van der Waals surface area contributed by atoms with Gasteiger partial charge in [-0.15, -0.1) is 0 Å². The van der Waals surface area contributed by atoms with Gasteiger partial charge in [-0.05, 0) is 51.0 Å². The van der Waals surface area contributed by atoms with E-state index in [9.17, 15) is 0 Å². The molecule has 1 unspecified atom stereocenters. The monoisotopic (exact) mass is 269 g/mol. The molecule has 2 aromatic carbocycles. The van der Waals surface area contributed by atoms with Crippen LogP contribution in [0.1, 0.15) is 36.6 Å². The topological polar surface area (TPSA) is 21.3 Å². The molecule has 0 radical (unpaired) electrons. The molecule has 2 rings (SSSR count). The van der Waals surface area contributed by atoms with Crippen molar-refractivity contribution >= 4 is 5.69 Å². The number of rotatable bonds is 5. The highest BCUT2D eigenvalue weighted by Crippen LogP contribution is 2.29. The van der Waals surface area contributed by atoms with Gasteiger partial charge in [-0.25, -0.2) is 0 Å². The van der Waals surface area contributed by atoms with E-state index in [1.165, 1.54) is 22.4 Å². The Morgan fingerprint density at radius 1 is 1.10 bits per heavy atom. The molecule has 0 saturated heterocycles. The van der Waals surface area contributed by atoms with Crippen LogP contribution in [0.5, 0.6) is 5.75 Å². The molecule has 1 atom stereocenters. The van der Waals surface area contributed by atoms with Crippen molar-refractivity contribution in [2.24, 2.45) is 0 Å². The second kappa shape index (κ2) is 6.47. The summed E-state index contributed by atoms with van der Waals surface area (Å²) in [6.45, 7) is 9.11. The van der Waals surface area contributed by atoms with E-state index in [4.69, 9.17) is 4.74 Å². The average molecular weight is 269 g/mol. The highest BCUT2D eigenvalue weighted by Gasteiger charge is 2.12. The van der Waals surface area contributed by atoms with Gasteiger partial charge in [0.05, 0.1) is 12.6 Å². The van der Waals surface area contributed by atoms with E-state index in [1.54, 1.807) is 0 Å². The van der Waals surface area contributed by atoms with Crippen LogP contribution in [0.25, 0.3) is 0 Å². The second-order valence-electron chi connectivity index (χ2n) is 5.16. The number of ether oxygens (including phenoxy) is 1. The molecular formula is C18H23NO. The molecule has 2 heteroatoms. The zero-order valence-electron chi connectivity index (χ0n) is 12.7. The lowest BCUT2D eigenvalue weighted by Gasteiger charge is -2.20. The highest BCUT2D eigenvalue weighted by molar-refractivity contribution is 5.54. The maximum atomic E-state index is 5.71. The van der Waals surface area contributed by atoms with Crippen molar-refractivity contribution in [2.75, 3.05) is 11.9 Å². The van der Waals surface area contributed by atoms with Gasteiger partial charge >= 0.3 is 0 Å². The predicted octanol–water partition coefficient (Wildman–Crippen LogP) is 4.88. The first-order valence-corrected chi connectivity index (χ1v) is 7.17. The van der Waals surface area contributed by atoms with Gasteiger partial charge in [0.2, 0.25) is 0 Å². The molecule has 2 aromatic rings. The van der Waals surface area contributed by atoms with Crippen LogP contribution in [0.4, 0.5) is 5.69 Å². The quantitative estimate of drug-likeness (QED) is 0.835. The highest BCUT2D eigenvalue weighted by atomic mass is 16.5. The molecular weight excluding hydrogens is 246 g/mol. The van der Waals surface area contributed by atoms with Crippen LogP contribution in [0.2, 0.25) is 0 Å². The summed E-state index contributed by atoms with van der Waals surface area (Å²) in [6, 6.07) is 14.9. The molecule has 0 aromatic heterocycles. The van der Waals surface area contributed by atoms with Gasteiger partial charge in [-0.1, -0.05) is 30.3 Å². The molecule has 0 spiro atoms. The number of benzene rings is 2. The summed E-state index contributed by atoms with van der Waals surface area (Å²) in [5, 5.41) is 3.59. The average Bonchev–Trinajstić information content (AvgIpc) is 2.44. The fraction of sp³-hybridized carbons (Fsp3) is 0.333. The third-order valence-electron chi connectivity index (χ3n) is 3.45. The van der Waals surface area contributed by atoms with Crippen LogP contribution >= 0.6 is 0 Å². The fourth-order valence-corrected chi connectivity index (χ4v) is 2.33. The Labute approximate surface area is 121 Å². The predicted molar refractivity (Wildman–Crippen MR) is 85.6 cm³/mol.